The summed E-state index contributed by atoms with van der Waals surface area (Å²) >= 11 is 0.795. The highest BCUT2D eigenvalue weighted by Crippen LogP contribution is 2.39. The average molecular weight is 615 g/mol. The predicted octanol–water partition coefficient (Wildman–Crippen LogP) is 5.45. The Morgan fingerprint density at radius 3 is 2.70 bits per heavy atom. The number of esters is 1. The number of thiazole rings is 1. The quantitative estimate of drug-likeness (QED) is 0.236. The van der Waals surface area contributed by atoms with Gasteiger partial charge >= 0.3 is 18.2 Å². The van der Waals surface area contributed by atoms with Crippen molar-refractivity contribution in [2.24, 2.45) is 0 Å². The van der Waals surface area contributed by atoms with Crippen LogP contribution >= 0.6 is 11.3 Å². The van der Waals surface area contributed by atoms with Crippen molar-refractivity contribution < 1.29 is 27.5 Å². The summed E-state index contributed by atoms with van der Waals surface area (Å²) in [5.41, 5.74) is 0.0656. The number of piperidine rings is 1. The SMILES string of the molecule is CCNC(=O)Nc1cc(-c2nc(C(F)(F)F)cs2)c(-c2ccc3c(c2)c(=O)c(C(=O)OCC)cn3[C@@H]2CCCNC2)cn1. The van der Waals surface area contributed by atoms with Gasteiger partial charge < -0.3 is 19.9 Å². The highest BCUT2D eigenvalue weighted by molar-refractivity contribution is 7.13. The van der Waals surface area contributed by atoms with Gasteiger partial charge in [0.1, 0.15) is 16.4 Å². The Labute approximate surface area is 248 Å². The summed E-state index contributed by atoms with van der Waals surface area (Å²) in [5, 5.41) is 9.70. The largest absolute Gasteiger partial charge is 0.462 e. The molecule has 0 radical (unpaired) electrons. The normalized spacial score (nSPS) is 15.3. The van der Waals surface area contributed by atoms with Gasteiger partial charge in [0.05, 0.1) is 12.1 Å². The zero-order chi connectivity index (χ0) is 30.7. The maximum Gasteiger partial charge on any atom is 0.434 e. The highest BCUT2D eigenvalue weighted by Gasteiger charge is 2.34. The number of aromatic nitrogens is 3. The Hall–Kier alpha value is -4.30. The molecule has 5 rings (SSSR count). The van der Waals surface area contributed by atoms with Gasteiger partial charge in [-0.15, -0.1) is 11.3 Å². The van der Waals surface area contributed by atoms with Crippen LogP contribution in [-0.4, -0.2) is 52.8 Å². The van der Waals surface area contributed by atoms with Gasteiger partial charge in [-0.25, -0.2) is 19.6 Å². The number of anilines is 1. The zero-order valence-electron chi connectivity index (χ0n) is 23.4. The third-order valence-corrected chi connectivity index (χ3v) is 7.89. The fraction of sp³-hybridized carbons (Fsp3) is 0.345. The smallest absolute Gasteiger partial charge is 0.434 e. The lowest BCUT2D eigenvalue weighted by Gasteiger charge is -2.27. The van der Waals surface area contributed by atoms with Gasteiger partial charge in [-0.05, 0) is 57.0 Å². The molecule has 2 amide bonds. The van der Waals surface area contributed by atoms with E-state index in [2.05, 4.69) is 25.9 Å². The minimum absolute atomic E-state index is 0.0103. The molecule has 0 bridgehead atoms. The fourth-order valence-electron chi connectivity index (χ4n) is 5.03. The number of nitrogens with one attached hydrogen (secondary N) is 3. The van der Waals surface area contributed by atoms with E-state index >= 15 is 0 Å². The minimum atomic E-state index is -4.64. The Morgan fingerprint density at radius 1 is 1.21 bits per heavy atom. The van der Waals surface area contributed by atoms with Crippen LogP contribution in [0.25, 0.3) is 32.6 Å². The van der Waals surface area contributed by atoms with Gasteiger partial charge in [0.15, 0.2) is 5.69 Å². The molecule has 1 saturated heterocycles. The molecule has 0 aliphatic carbocycles. The molecule has 0 spiro atoms. The molecular weight excluding hydrogens is 585 g/mol. The van der Waals surface area contributed by atoms with Gasteiger partial charge in [0, 0.05) is 53.4 Å². The highest BCUT2D eigenvalue weighted by atomic mass is 32.1. The second-order valence-electron chi connectivity index (χ2n) is 9.87. The van der Waals surface area contributed by atoms with Crippen LogP contribution in [0.1, 0.15) is 48.8 Å². The maximum absolute atomic E-state index is 13.6. The van der Waals surface area contributed by atoms with Crippen LogP contribution in [0.15, 0.2) is 46.8 Å². The summed E-state index contributed by atoms with van der Waals surface area (Å²) in [6.45, 7) is 5.38. The monoisotopic (exact) mass is 614 g/mol. The third-order valence-electron chi connectivity index (χ3n) is 7.01. The standard InChI is InChI=1S/C29H29F3N6O4S/c1-3-34-28(41)37-24-11-18(26-36-23(15-43-26)29(30,31)32)20(13-35-24)16-7-8-22-19(10-16)25(39)21(27(40)42-4-2)14-38(22)17-6-5-9-33-12-17/h7-8,10-11,13-15,17,33H,3-6,9,12H2,1-2H3,(H2,34,35,37,41)/t17-/m1/s1. The number of urea groups is 1. The Balaban J connectivity index is 1.69. The van der Waals surface area contributed by atoms with E-state index in [1.165, 1.54) is 12.3 Å². The van der Waals surface area contributed by atoms with Crippen LogP contribution < -0.4 is 21.4 Å². The second-order valence-corrected chi connectivity index (χ2v) is 10.7. The first-order valence-electron chi connectivity index (χ1n) is 13.8. The molecule has 226 valence electrons. The number of hydrogen-bond donors (Lipinski definition) is 3. The van der Waals surface area contributed by atoms with Gasteiger partial charge in [0.2, 0.25) is 5.43 Å². The van der Waals surface area contributed by atoms with E-state index in [0.29, 0.717) is 29.7 Å². The molecule has 14 heteroatoms. The van der Waals surface area contributed by atoms with Crippen molar-refractivity contribution in [2.45, 2.75) is 38.9 Å². The van der Waals surface area contributed by atoms with Crippen molar-refractivity contribution >= 4 is 40.1 Å². The molecule has 1 atom stereocenters. The Kier molecular flexibility index (Phi) is 8.78. The van der Waals surface area contributed by atoms with Crippen molar-refractivity contribution in [1.29, 1.82) is 0 Å². The van der Waals surface area contributed by atoms with E-state index in [-0.39, 0.29) is 40.0 Å². The molecule has 3 N–H and O–H groups in total. The number of carbonyl (C=O) groups excluding carboxylic acids is 2. The number of amides is 2. The van der Waals surface area contributed by atoms with Crippen molar-refractivity contribution in [3.63, 3.8) is 0 Å². The van der Waals surface area contributed by atoms with Crippen LogP contribution in [-0.2, 0) is 10.9 Å². The number of nitrogens with zero attached hydrogens (tertiary/aromatic N) is 3. The number of hydrogen-bond acceptors (Lipinski definition) is 8. The van der Waals surface area contributed by atoms with Crippen LogP contribution in [0.5, 0.6) is 0 Å². The summed E-state index contributed by atoms with van der Waals surface area (Å²) < 4.78 is 47.4. The van der Waals surface area contributed by atoms with E-state index in [0.717, 1.165) is 36.1 Å². The first kappa shape index (κ1) is 30.2. The van der Waals surface area contributed by atoms with Gasteiger partial charge in [0.25, 0.3) is 0 Å². The third kappa shape index (κ3) is 6.39. The van der Waals surface area contributed by atoms with Gasteiger partial charge in [-0.1, -0.05) is 6.07 Å². The number of ether oxygens (including phenoxy) is 1. The molecule has 1 fully saturated rings. The minimum Gasteiger partial charge on any atom is -0.462 e. The van der Waals surface area contributed by atoms with Crippen molar-refractivity contribution in [1.82, 2.24) is 25.2 Å². The van der Waals surface area contributed by atoms with E-state index in [1.807, 2.05) is 4.57 Å². The van der Waals surface area contributed by atoms with E-state index in [4.69, 9.17) is 4.74 Å². The van der Waals surface area contributed by atoms with E-state index in [1.54, 1.807) is 38.2 Å². The lowest BCUT2D eigenvalue weighted by molar-refractivity contribution is -0.140. The van der Waals surface area contributed by atoms with Crippen LogP contribution in [0.4, 0.5) is 23.8 Å². The van der Waals surface area contributed by atoms with Gasteiger partial charge in [-0.2, -0.15) is 13.2 Å². The number of rotatable bonds is 7. The molecule has 4 heterocycles. The van der Waals surface area contributed by atoms with Crippen LogP contribution in [0.3, 0.4) is 0 Å². The number of alkyl halides is 3. The van der Waals surface area contributed by atoms with E-state index in [9.17, 15) is 27.6 Å². The molecule has 1 aliphatic rings. The predicted molar refractivity (Wildman–Crippen MR) is 157 cm³/mol. The van der Waals surface area contributed by atoms with Crippen molar-refractivity contribution in [2.75, 3.05) is 31.6 Å². The number of fused-ring (bicyclic) bond motifs is 1. The molecule has 43 heavy (non-hydrogen) atoms. The number of halogens is 3. The molecular formula is C29H29F3N6O4S. The summed E-state index contributed by atoms with van der Waals surface area (Å²) in [6.07, 6.45) is 0.0727. The molecule has 0 saturated carbocycles. The summed E-state index contributed by atoms with van der Waals surface area (Å²) in [7, 11) is 0. The van der Waals surface area contributed by atoms with Crippen molar-refractivity contribution in [3.8, 4) is 21.7 Å². The lowest BCUT2D eigenvalue weighted by Crippen LogP contribution is -2.33. The topological polar surface area (TPSA) is 127 Å². The summed E-state index contributed by atoms with van der Waals surface area (Å²) in [6, 6.07) is 6.00. The molecule has 4 aromatic rings. The first-order chi connectivity index (χ1) is 20.6. The van der Waals surface area contributed by atoms with Gasteiger partial charge in [-0.3, -0.25) is 10.1 Å². The van der Waals surface area contributed by atoms with Crippen LogP contribution in [0.2, 0.25) is 0 Å². The number of benzene rings is 1. The average Bonchev–Trinajstić information content (AvgIpc) is 3.49. The Bertz CT molecular complexity index is 1730. The zero-order valence-corrected chi connectivity index (χ0v) is 24.2. The summed E-state index contributed by atoms with van der Waals surface area (Å²) in [4.78, 5) is 46.7. The molecule has 3 aromatic heterocycles. The number of pyridine rings is 2. The first-order valence-corrected chi connectivity index (χ1v) is 14.6. The lowest BCUT2D eigenvalue weighted by atomic mass is 9.98. The Morgan fingerprint density at radius 2 is 2.02 bits per heavy atom. The van der Waals surface area contributed by atoms with Crippen LogP contribution in [0, 0.1) is 0 Å². The van der Waals surface area contributed by atoms with Crippen molar-refractivity contribution in [3.05, 3.63) is 63.5 Å². The second kappa shape index (κ2) is 12.5. The maximum atomic E-state index is 13.6. The number of carbonyl (C=O) groups is 2. The molecule has 0 unspecified atom stereocenters. The molecule has 1 aliphatic heterocycles. The molecule has 10 nitrogen and oxygen atoms in total. The summed E-state index contributed by atoms with van der Waals surface area (Å²) in [5.74, 6) is -0.631. The fourth-order valence-corrected chi connectivity index (χ4v) is 5.89. The van der Waals surface area contributed by atoms with E-state index < -0.39 is 29.3 Å². The molecule has 1 aromatic carbocycles.